The van der Waals surface area contributed by atoms with Gasteiger partial charge in [-0.3, -0.25) is 14.5 Å². The Morgan fingerprint density at radius 2 is 1.90 bits per heavy atom. The van der Waals surface area contributed by atoms with E-state index in [1.807, 2.05) is 0 Å². The number of alkyl halides is 2. The van der Waals surface area contributed by atoms with E-state index < -0.39 is 36.5 Å². The number of ether oxygens (including phenoxy) is 1. The van der Waals surface area contributed by atoms with Gasteiger partial charge in [0.05, 0.1) is 0 Å². The van der Waals surface area contributed by atoms with E-state index in [1.165, 1.54) is 31.2 Å². The zero-order valence-corrected chi connectivity index (χ0v) is 16.8. The van der Waals surface area contributed by atoms with Gasteiger partial charge in [-0.05, 0) is 55.3 Å². The lowest BCUT2D eigenvalue weighted by Crippen LogP contribution is -2.42. The lowest BCUT2D eigenvalue weighted by Gasteiger charge is -2.22. The van der Waals surface area contributed by atoms with Crippen LogP contribution < -0.4 is 15.4 Å². The summed E-state index contributed by atoms with van der Waals surface area (Å²) in [6.07, 6.45) is 0. The third-order valence-corrected chi connectivity index (χ3v) is 4.93. The zero-order valence-electron chi connectivity index (χ0n) is 16.0. The van der Waals surface area contributed by atoms with Crippen molar-refractivity contribution in [1.82, 2.24) is 10.2 Å². The Balaban J connectivity index is 1.72. The number of hydrogen-bond donors (Lipinski definition) is 2. The molecule has 1 fully saturated rings. The molecule has 0 aliphatic carbocycles. The Morgan fingerprint density at radius 3 is 2.50 bits per heavy atom. The molecule has 2 aromatic carbocycles. The first-order chi connectivity index (χ1) is 14.1. The van der Waals surface area contributed by atoms with E-state index in [2.05, 4.69) is 15.4 Å². The number of hydrogen-bond acceptors (Lipinski definition) is 4. The lowest BCUT2D eigenvalue weighted by molar-refractivity contribution is -0.133. The minimum atomic E-state index is -2.97. The number of halogens is 3. The maximum absolute atomic E-state index is 12.9. The summed E-state index contributed by atoms with van der Waals surface area (Å²) in [6.45, 7) is -0.238. The number of carbonyl (C=O) groups excluding carboxylic acids is 3. The normalized spacial score (nSPS) is 18.5. The van der Waals surface area contributed by atoms with Crippen LogP contribution in [0.5, 0.6) is 5.75 Å². The first-order valence-electron chi connectivity index (χ1n) is 8.85. The highest BCUT2D eigenvalue weighted by Gasteiger charge is 2.49. The molecule has 0 bridgehead atoms. The Bertz CT molecular complexity index is 1000. The highest BCUT2D eigenvalue weighted by atomic mass is 35.5. The Morgan fingerprint density at radius 1 is 1.23 bits per heavy atom. The van der Waals surface area contributed by atoms with Crippen LogP contribution in [0.1, 0.15) is 18.1 Å². The summed E-state index contributed by atoms with van der Waals surface area (Å²) < 4.78 is 28.9. The first kappa shape index (κ1) is 21.5. The second-order valence-corrected chi connectivity index (χ2v) is 7.29. The van der Waals surface area contributed by atoms with Gasteiger partial charge in [-0.1, -0.05) is 23.7 Å². The molecule has 3 rings (SSSR count). The quantitative estimate of drug-likeness (QED) is 0.675. The molecule has 1 heterocycles. The van der Waals surface area contributed by atoms with Gasteiger partial charge in [0.2, 0.25) is 5.91 Å². The van der Waals surface area contributed by atoms with Crippen molar-refractivity contribution in [3.05, 3.63) is 58.6 Å². The van der Waals surface area contributed by atoms with Crippen LogP contribution in [0.25, 0.3) is 0 Å². The molecule has 2 aromatic rings. The van der Waals surface area contributed by atoms with Crippen LogP contribution in [-0.4, -0.2) is 35.9 Å². The molecule has 1 atom stereocenters. The molecule has 0 saturated carbocycles. The van der Waals surface area contributed by atoms with E-state index in [9.17, 15) is 23.2 Å². The third kappa shape index (κ3) is 4.35. The average Bonchev–Trinajstić information content (AvgIpc) is 2.88. The fourth-order valence-electron chi connectivity index (χ4n) is 3.11. The summed E-state index contributed by atoms with van der Waals surface area (Å²) in [5.74, 6) is -1.28. The molecule has 30 heavy (non-hydrogen) atoms. The van der Waals surface area contributed by atoms with Crippen molar-refractivity contribution in [2.45, 2.75) is 26.0 Å². The van der Waals surface area contributed by atoms with E-state index >= 15 is 0 Å². The molecule has 0 spiro atoms. The third-order valence-electron chi connectivity index (χ3n) is 4.70. The summed E-state index contributed by atoms with van der Waals surface area (Å²) in [7, 11) is 0. The summed E-state index contributed by atoms with van der Waals surface area (Å²) in [4.78, 5) is 38.4. The second-order valence-electron chi connectivity index (χ2n) is 6.86. The highest BCUT2D eigenvalue weighted by molar-refractivity contribution is 6.30. The average molecular weight is 438 g/mol. The molecule has 1 saturated heterocycles. The maximum Gasteiger partial charge on any atom is 0.387 e. The molecule has 0 radical (unpaired) electrons. The molecule has 10 heteroatoms. The van der Waals surface area contributed by atoms with Crippen LogP contribution in [0, 0.1) is 6.92 Å². The van der Waals surface area contributed by atoms with Gasteiger partial charge in [0.25, 0.3) is 5.91 Å². The van der Waals surface area contributed by atoms with E-state index in [-0.39, 0.29) is 5.75 Å². The lowest BCUT2D eigenvalue weighted by atomic mass is 9.92. The zero-order chi connectivity index (χ0) is 22.1. The molecule has 1 aliphatic rings. The molecule has 4 amide bonds. The first-order valence-corrected chi connectivity index (χ1v) is 9.23. The van der Waals surface area contributed by atoms with Gasteiger partial charge in [0, 0.05) is 10.7 Å². The molecular formula is C20H18ClF2N3O4. The second kappa shape index (κ2) is 8.27. The molecule has 158 valence electrons. The van der Waals surface area contributed by atoms with Gasteiger partial charge in [0.1, 0.15) is 17.8 Å². The van der Waals surface area contributed by atoms with E-state index in [0.29, 0.717) is 16.3 Å². The number of urea groups is 1. The van der Waals surface area contributed by atoms with Crippen molar-refractivity contribution >= 4 is 35.1 Å². The molecule has 1 unspecified atom stereocenters. The molecule has 1 aliphatic heterocycles. The van der Waals surface area contributed by atoms with Crippen molar-refractivity contribution in [3.63, 3.8) is 0 Å². The van der Waals surface area contributed by atoms with Crippen molar-refractivity contribution in [1.29, 1.82) is 0 Å². The molecule has 0 aromatic heterocycles. The predicted molar refractivity (Wildman–Crippen MR) is 105 cm³/mol. The summed E-state index contributed by atoms with van der Waals surface area (Å²) in [5, 5.41) is 5.70. The van der Waals surface area contributed by atoms with Gasteiger partial charge >= 0.3 is 12.6 Å². The number of nitrogens with zero attached hydrogens (tertiary/aromatic N) is 1. The van der Waals surface area contributed by atoms with Crippen LogP contribution in [0.2, 0.25) is 5.02 Å². The van der Waals surface area contributed by atoms with Crippen LogP contribution in [0.3, 0.4) is 0 Å². The fraction of sp³-hybridized carbons (Fsp3) is 0.250. The predicted octanol–water partition coefficient (Wildman–Crippen LogP) is 3.66. The van der Waals surface area contributed by atoms with Crippen molar-refractivity contribution in [2.75, 3.05) is 11.9 Å². The van der Waals surface area contributed by atoms with Gasteiger partial charge in [-0.15, -0.1) is 0 Å². The van der Waals surface area contributed by atoms with E-state index in [4.69, 9.17) is 11.6 Å². The van der Waals surface area contributed by atoms with Gasteiger partial charge < -0.3 is 15.4 Å². The minimum absolute atomic E-state index is 0.0799. The van der Waals surface area contributed by atoms with Crippen molar-refractivity contribution in [2.24, 2.45) is 0 Å². The monoisotopic (exact) mass is 437 g/mol. The fourth-order valence-corrected chi connectivity index (χ4v) is 3.33. The van der Waals surface area contributed by atoms with Crippen molar-refractivity contribution < 1.29 is 27.9 Å². The number of anilines is 1. The van der Waals surface area contributed by atoms with E-state index in [0.717, 1.165) is 10.5 Å². The Labute approximate surface area is 175 Å². The summed E-state index contributed by atoms with van der Waals surface area (Å²) in [6, 6.07) is 9.50. The number of aryl methyl sites for hydroxylation is 1. The number of nitrogens with one attached hydrogen (secondary N) is 2. The van der Waals surface area contributed by atoms with Crippen LogP contribution in [0.4, 0.5) is 19.3 Å². The number of amides is 4. The largest absolute Gasteiger partial charge is 0.435 e. The molecule has 2 N–H and O–H groups in total. The smallest absolute Gasteiger partial charge is 0.387 e. The van der Waals surface area contributed by atoms with Gasteiger partial charge in [-0.2, -0.15) is 8.78 Å². The molecule has 7 nitrogen and oxygen atoms in total. The topological polar surface area (TPSA) is 87.7 Å². The Hall–Kier alpha value is -3.20. The summed E-state index contributed by atoms with van der Waals surface area (Å²) in [5.41, 5.74) is 0.147. The SMILES string of the molecule is Cc1cc(Cl)ccc1NC(=O)CN1C(=O)NC(C)(c2ccc(OC(F)F)cc2)C1=O. The standard InChI is InChI=1S/C20H18ClF2N3O4/c1-11-9-13(21)5-8-15(11)24-16(27)10-26-17(28)20(2,25-19(26)29)12-3-6-14(7-4-12)30-18(22)23/h3-9,18H,10H2,1-2H3,(H,24,27)(H,25,29). The highest BCUT2D eigenvalue weighted by Crippen LogP contribution is 2.30. The Kier molecular flexibility index (Phi) is 5.93. The molecular weight excluding hydrogens is 420 g/mol. The number of rotatable bonds is 6. The van der Waals surface area contributed by atoms with Crippen LogP contribution >= 0.6 is 11.6 Å². The minimum Gasteiger partial charge on any atom is -0.435 e. The summed E-state index contributed by atoms with van der Waals surface area (Å²) >= 11 is 5.89. The van der Waals surface area contributed by atoms with Crippen LogP contribution in [0.15, 0.2) is 42.5 Å². The van der Waals surface area contributed by atoms with Gasteiger partial charge in [-0.25, -0.2) is 4.79 Å². The maximum atomic E-state index is 12.9. The number of carbonyl (C=O) groups is 3. The van der Waals surface area contributed by atoms with Crippen LogP contribution in [-0.2, 0) is 15.1 Å². The number of imide groups is 1. The van der Waals surface area contributed by atoms with E-state index in [1.54, 1.807) is 25.1 Å². The number of benzene rings is 2. The van der Waals surface area contributed by atoms with Crippen molar-refractivity contribution in [3.8, 4) is 5.75 Å². The van der Waals surface area contributed by atoms with Gasteiger partial charge in [0.15, 0.2) is 0 Å².